The second-order valence-electron chi connectivity index (χ2n) is 4.47. The number of halogens is 2. The molecule has 0 amide bonds. The van der Waals surface area contributed by atoms with Crippen molar-refractivity contribution in [2.75, 3.05) is 13.1 Å². The van der Waals surface area contributed by atoms with Crippen LogP contribution < -0.4 is 5.32 Å². The second kappa shape index (κ2) is 5.90. The Kier molecular flexibility index (Phi) is 4.51. The van der Waals surface area contributed by atoms with Crippen LogP contribution in [-0.4, -0.2) is 13.1 Å². The van der Waals surface area contributed by atoms with Crippen LogP contribution >= 0.6 is 23.2 Å². The lowest BCUT2D eigenvalue weighted by molar-refractivity contribution is 0.613. The van der Waals surface area contributed by atoms with Gasteiger partial charge in [-0.05, 0) is 49.5 Å². The van der Waals surface area contributed by atoms with Crippen molar-refractivity contribution in [1.82, 2.24) is 5.32 Å². The fourth-order valence-electron chi connectivity index (χ4n) is 1.79. The summed E-state index contributed by atoms with van der Waals surface area (Å²) in [6.45, 7) is 2.13. The lowest BCUT2D eigenvalue weighted by Gasteiger charge is -2.06. The summed E-state index contributed by atoms with van der Waals surface area (Å²) in [5, 5.41) is 4.93. The van der Waals surface area contributed by atoms with Crippen molar-refractivity contribution < 1.29 is 0 Å². The quantitative estimate of drug-likeness (QED) is 0.762. The molecule has 1 fully saturated rings. The molecule has 1 nitrogen and oxygen atoms in total. The first-order valence-electron chi connectivity index (χ1n) is 5.90. The minimum Gasteiger partial charge on any atom is -0.316 e. The van der Waals surface area contributed by atoms with Crippen LogP contribution in [0.5, 0.6) is 0 Å². The summed E-state index contributed by atoms with van der Waals surface area (Å²) in [6, 6.07) is 5.71. The second-order valence-corrected chi connectivity index (χ2v) is 5.31. The van der Waals surface area contributed by atoms with Gasteiger partial charge in [-0.1, -0.05) is 42.1 Å². The molecule has 1 saturated carbocycles. The largest absolute Gasteiger partial charge is 0.316 e. The van der Waals surface area contributed by atoms with Crippen molar-refractivity contribution in [3.05, 3.63) is 33.8 Å². The van der Waals surface area contributed by atoms with Gasteiger partial charge < -0.3 is 5.32 Å². The number of nitrogens with one attached hydrogen (secondary N) is 1. The Morgan fingerprint density at radius 1 is 1.19 bits per heavy atom. The van der Waals surface area contributed by atoms with Crippen molar-refractivity contribution in [2.45, 2.75) is 25.7 Å². The fraction of sp³-hybridized carbons (Fsp3) is 0.538. The smallest absolute Gasteiger partial charge is 0.0453 e. The third-order valence-electron chi connectivity index (χ3n) is 3.01. The average Bonchev–Trinajstić information content (AvgIpc) is 3.04. The van der Waals surface area contributed by atoms with Crippen LogP contribution in [0.15, 0.2) is 18.2 Å². The summed E-state index contributed by atoms with van der Waals surface area (Å²) in [7, 11) is 0. The molecule has 1 aliphatic rings. The van der Waals surface area contributed by atoms with Crippen LogP contribution in [0.2, 0.25) is 10.0 Å². The Labute approximate surface area is 107 Å². The number of hydrogen-bond donors (Lipinski definition) is 1. The summed E-state index contributed by atoms with van der Waals surface area (Å²) in [6.07, 6.45) is 5.17. The fourth-order valence-corrected chi connectivity index (χ4v) is 2.29. The highest BCUT2D eigenvalue weighted by molar-refractivity contribution is 6.35. The van der Waals surface area contributed by atoms with Crippen LogP contribution in [0, 0.1) is 5.92 Å². The van der Waals surface area contributed by atoms with Gasteiger partial charge in [0.1, 0.15) is 0 Å². The Hall–Kier alpha value is -0.240. The Bertz CT molecular complexity index is 348. The van der Waals surface area contributed by atoms with E-state index in [0.29, 0.717) is 5.02 Å². The molecule has 1 aliphatic carbocycles. The molecular weight excluding hydrogens is 241 g/mol. The zero-order valence-electron chi connectivity index (χ0n) is 9.31. The average molecular weight is 258 g/mol. The van der Waals surface area contributed by atoms with Gasteiger partial charge in [-0.25, -0.2) is 0 Å². The standard InChI is InChI=1S/C13H17Cl2N/c14-12-4-3-11(13(15)9-12)6-8-16-7-5-10-1-2-10/h3-4,9-10,16H,1-2,5-8H2. The highest BCUT2D eigenvalue weighted by Crippen LogP contribution is 2.31. The Morgan fingerprint density at radius 2 is 2.00 bits per heavy atom. The monoisotopic (exact) mass is 257 g/mol. The zero-order valence-corrected chi connectivity index (χ0v) is 10.8. The molecule has 1 aromatic carbocycles. The van der Waals surface area contributed by atoms with E-state index in [1.807, 2.05) is 18.2 Å². The summed E-state index contributed by atoms with van der Waals surface area (Å²) in [5.74, 6) is 1.01. The molecule has 0 unspecified atom stereocenters. The molecule has 0 aromatic heterocycles. The van der Waals surface area contributed by atoms with E-state index >= 15 is 0 Å². The number of hydrogen-bond acceptors (Lipinski definition) is 1. The van der Waals surface area contributed by atoms with Gasteiger partial charge in [0.25, 0.3) is 0 Å². The molecule has 16 heavy (non-hydrogen) atoms. The molecule has 2 rings (SSSR count). The van der Waals surface area contributed by atoms with Crippen LogP contribution in [-0.2, 0) is 6.42 Å². The maximum absolute atomic E-state index is 6.09. The minimum absolute atomic E-state index is 0.704. The van der Waals surface area contributed by atoms with Gasteiger partial charge in [-0.15, -0.1) is 0 Å². The minimum atomic E-state index is 0.704. The van der Waals surface area contributed by atoms with Gasteiger partial charge in [0, 0.05) is 10.0 Å². The van der Waals surface area contributed by atoms with E-state index < -0.39 is 0 Å². The molecule has 1 aromatic rings. The van der Waals surface area contributed by atoms with Gasteiger partial charge in [0.05, 0.1) is 0 Å². The van der Waals surface area contributed by atoms with E-state index in [1.165, 1.54) is 24.8 Å². The Morgan fingerprint density at radius 3 is 2.69 bits per heavy atom. The van der Waals surface area contributed by atoms with Gasteiger partial charge >= 0.3 is 0 Å². The summed E-state index contributed by atoms with van der Waals surface area (Å²) in [4.78, 5) is 0. The summed E-state index contributed by atoms with van der Waals surface area (Å²) < 4.78 is 0. The molecule has 0 spiro atoms. The first-order valence-corrected chi connectivity index (χ1v) is 6.66. The topological polar surface area (TPSA) is 12.0 Å². The van der Waals surface area contributed by atoms with Crippen LogP contribution in [0.25, 0.3) is 0 Å². The molecule has 0 saturated heterocycles. The van der Waals surface area contributed by atoms with E-state index in [-0.39, 0.29) is 0 Å². The molecule has 0 radical (unpaired) electrons. The van der Waals surface area contributed by atoms with E-state index in [1.54, 1.807) is 0 Å². The van der Waals surface area contributed by atoms with E-state index in [4.69, 9.17) is 23.2 Å². The van der Waals surface area contributed by atoms with Gasteiger partial charge in [-0.2, -0.15) is 0 Å². The van der Waals surface area contributed by atoms with Crippen molar-refractivity contribution in [2.24, 2.45) is 5.92 Å². The molecule has 0 atom stereocenters. The maximum Gasteiger partial charge on any atom is 0.0453 e. The van der Waals surface area contributed by atoms with Gasteiger partial charge in [0.15, 0.2) is 0 Å². The van der Waals surface area contributed by atoms with Crippen molar-refractivity contribution in [1.29, 1.82) is 0 Å². The number of rotatable bonds is 6. The predicted octanol–water partition coefficient (Wildman–Crippen LogP) is 3.93. The first-order chi connectivity index (χ1) is 7.75. The molecule has 3 heteroatoms. The third kappa shape index (κ3) is 3.97. The van der Waals surface area contributed by atoms with Crippen molar-refractivity contribution in [3.8, 4) is 0 Å². The van der Waals surface area contributed by atoms with Crippen LogP contribution in [0.1, 0.15) is 24.8 Å². The molecule has 0 aliphatic heterocycles. The molecule has 88 valence electrons. The van der Waals surface area contributed by atoms with Crippen LogP contribution in [0.4, 0.5) is 0 Å². The lowest BCUT2D eigenvalue weighted by atomic mass is 10.1. The highest BCUT2D eigenvalue weighted by Gasteiger charge is 2.19. The normalized spacial score (nSPS) is 15.4. The van der Waals surface area contributed by atoms with E-state index in [0.717, 1.165) is 30.5 Å². The maximum atomic E-state index is 6.09. The summed E-state index contributed by atoms with van der Waals surface area (Å²) >= 11 is 11.9. The van der Waals surface area contributed by atoms with Crippen molar-refractivity contribution >= 4 is 23.2 Å². The predicted molar refractivity (Wildman–Crippen MR) is 70.4 cm³/mol. The molecule has 0 heterocycles. The van der Waals surface area contributed by atoms with E-state index in [9.17, 15) is 0 Å². The van der Waals surface area contributed by atoms with E-state index in [2.05, 4.69) is 5.32 Å². The third-order valence-corrected chi connectivity index (χ3v) is 3.60. The first kappa shape index (κ1) is 12.2. The number of benzene rings is 1. The SMILES string of the molecule is Clc1ccc(CCNCCC2CC2)c(Cl)c1. The summed E-state index contributed by atoms with van der Waals surface area (Å²) in [5.41, 5.74) is 1.17. The van der Waals surface area contributed by atoms with Gasteiger partial charge in [0.2, 0.25) is 0 Å². The highest BCUT2D eigenvalue weighted by atomic mass is 35.5. The molecule has 1 N–H and O–H groups in total. The van der Waals surface area contributed by atoms with Crippen molar-refractivity contribution in [3.63, 3.8) is 0 Å². The zero-order chi connectivity index (χ0) is 11.4. The molecule has 0 bridgehead atoms. The van der Waals surface area contributed by atoms with Gasteiger partial charge in [-0.3, -0.25) is 0 Å². The molecular formula is C13H17Cl2N. The Balaban J connectivity index is 1.67. The van der Waals surface area contributed by atoms with Crippen LogP contribution in [0.3, 0.4) is 0 Å². The lowest BCUT2D eigenvalue weighted by Crippen LogP contribution is -2.19.